The molecule has 2 heterocycles. The van der Waals surface area contributed by atoms with E-state index in [1.54, 1.807) is 0 Å². The molecule has 0 aliphatic carbocycles. The van der Waals surface area contributed by atoms with Gasteiger partial charge in [0.2, 0.25) is 0 Å². The Kier molecular flexibility index (Phi) is 7.38. The second kappa shape index (κ2) is 8.26. The third-order valence-corrected chi connectivity index (χ3v) is 5.11. The summed E-state index contributed by atoms with van der Waals surface area (Å²) < 4.78 is 2.70. The average molecular weight is 271 g/mol. The Morgan fingerprint density at radius 2 is 1.05 bits per heavy atom. The van der Waals surface area contributed by atoms with Gasteiger partial charge in [0.25, 0.3) is 0 Å². The lowest BCUT2D eigenvalue weighted by Crippen LogP contribution is -2.41. The molecule has 2 rings (SSSR count). The molecule has 0 spiro atoms. The van der Waals surface area contributed by atoms with Crippen LogP contribution in [0.4, 0.5) is 0 Å². The van der Waals surface area contributed by atoms with Crippen LogP contribution < -0.4 is 0 Å². The van der Waals surface area contributed by atoms with Crippen molar-refractivity contribution in [3.05, 3.63) is 0 Å². The molecule has 2 aliphatic heterocycles. The number of hydrogen-bond acceptors (Lipinski definition) is 0. The number of likely N-dealkylation sites (tertiary alicyclic amines) is 2. The van der Waals surface area contributed by atoms with E-state index in [0.717, 1.165) is 0 Å². The SMILES string of the molecule is CCCC[N+]1(C)CCCC1.CCC[N+]1(C)CCCC1. The van der Waals surface area contributed by atoms with Crippen molar-refractivity contribution in [3.8, 4) is 0 Å². The van der Waals surface area contributed by atoms with Gasteiger partial charge in [-0.15, -0.1) is 0 Å². The van der Waals surface area contributed by atoms with Gasteiger partial charge < -0.3 is 8.97 Å². The van der Waals surface area contributed by atoms with Crippen LogP contribution in [0.3, 0.4) is 0 Å². The first-order valence-electron chi connectivity index (χ1n) is 8.71. The third kappa shape index (κ3) is 6.27. The average Bonchev–Trinajstić information content (AvgIpc) is 2.98. The number of rotatable bonds is 5. The van der Waals surface area contributed by atoms with Crippen LogP contribution in [0.25, 0.3) is 0 Å². The van der Waals surface area contributed by atoms with Gasteiger partial charge in [0.15, 0.2) is 0 Å². The maximum absolute atomic E-state index is 2.41. The second-order valence-electron chi connectivity index (χ2n) is 7.35. The summed E-state index contributed by atoms with van der Waals surface area (Å²) in [6.07, 6.45) is 9.94. The first-order valence-corrected chi connectivity index (χ1v) is 8.71. The predicted octanol–water partition coefficient (Wildman–Crippen LogP) is 3.66. The molecule has 0 amide bonds. The van der Waals surface area contributed by atoms with E-state index in [0.29, 0.717) is 0 Å². The zero-order valence-corrected chi connectivity index (χ0v) is 14.1. The number of unbranched alkanes of at least 4 members (excludes halogenated alkanes) is 1. The van der Waals surface area contributed by atoms with Gasteiger partial charge in [-0.25, -0.2) is 0 Å². The van der Waals surface area contributed by atoms with Crippen LogP contribution in [0.1, 0.15) is 58.8 Å². The van der Waals surface area contributed by atoms with E-state index < -0.39 is 0 Å². The van der Waals surface area contributed by atoms with Crippen molar-refractivity contribution >= 4 is 0 Å². The Morgan fingerprint density at radius 3 is 1.42 bits per heavy atom. The molecule has 114 valence electrons. The molecule has 0 radical (unpaired) electrons. The summed E-state index contributed by atoms with van der Waals surface area (Å²) in [6, 6.07) is 0. The van der Waals surface area contributed by atoms with Crippen molar-refractivity contribution in [2.24, 2.45) is 0 Å². The van der Waals surface area contributed by atoms with E-state index >= 15 is 0 Å². The van der Waals surface area contributed by atoms with Crippen LogP contribution >= 0.6 is 0 Å². The van der Waals surface area contributed by atoms with Gasteiger partial charge >= 0.3 is 0 Å². The molecular formula is C17H38N2+2. The molecule has 2 nitrogen and oxygen atoms in total. The Bertz CT molecular complexity index is 225. The number of nitrogens with zero attached hydrogens (tertiary/aromatic N) is 2. The topological polar surface area (TPSA) is 0 Å². The molecule has 0 aromatic heterocycles. The minimum Gasteiger partial charge on any atom is -0.326 e. The van der Waals surface area contributed by atoms with Crippen molar-refractivity contribution in [1.82, 2.24) is 0 Å². The molecule has 0 N–H and O–H groups in total. The van der Waals surface area contributed by atoms with Crippen LogP contribution in [0.15, 0.2) is 0 Å². The van der Waals surface area contributed by atoms with E-state index in [2.05, 4.69) is 27.9 Å². The summed E-state index contributed by atoms with van der Waals surface area (Å²) in [6.45, 7) is 13.1. The van der Waals surface area contributed by atoms with Crippen LogP contribution in [0.2, 0.25) is 0 Å². The van der Waals surface area contributed by atoms with Crippen LogP contribution in [0.5, 0.6) is 0 Å². The summed E-state index contributed by atoms with van der Waals surface area (Å²) in [7, 11) is 4.79. The monoisotopic (exact) mass is 270 g/mol. The minimum absolute atomic E-state index is 1.34. The fourth-order valence-corrected chi connectivity index (χ4v) is 3.72. The van der Waals surface area contributed by atoms with Crippen molar-refractivity contribution < 1.29 is 8.97 Å². The van der Waals surface area contributed by atoms with Crippen molar-refractivity contribution in [2.75, 3.05) is 53.4 Å². The Morgan fingerprint density at radius 1 is 0.632 bits per heavy atom. The highest BCUT2D eigenvalue weighted by Crippen LogP contribution is 2.17. The van der Waals surface area contributed by atoms with Crippen LogP contribution in [-0.2, 0) is 0 Å². The minimum atomic E-state index is 1.34. The molecule has 0 atom stereocenters. The van der Waals surface area contributed by atoms with E-state index in [4.69, 9.17) is 0 Å². The first-order chi connectivity index (χ1) is 9.04. The van der Waals surface area contributed by atoms with Gasteiger partial charge in [0.05, 0.1) is 53.4 Å². The molecule has 2 aliphatic rings. The highest BCUT2D eigenvalue weighted by Gasteiger charge is 2.25. The molecule has 0 bridgehead atoms. The zero-order chi connectivity index (χ0) is 14.2. The summed E-state index contributed by atoms with van der Waals surface area (Å²) in [4.78, 5) is 0. The predicted molar refractivity (Wildman–Crippen MR) is 85.2 cm³/mol. The van der Waals surface area contributed by atoms with Gasteiger partial charge in [-0.3, -0.25) is 0 Å². The van der Waals surface area contributed by atoms with Crippen molar-refractivity contribution in [1.29, 1.82) is 0 Å². The summed E-state index contributed by atoms with van der Waals surface area (Å²) in [5.74, 6) is 0. The Balaban J connectivity index is 0.000000191. The standard InChI is InChI=1S/C9H20N.C8H18N/c1-3-4-7-10(2)8-5-6-9-10;1-3-6-9(2)7-4-5-8-9/h3-9H2,1-2H3;3-8H2,1-2H3/q2*+1. The van der Waals surface area contributed by atoms with Crippen LogP contribution in [0, 0.1) is 0 Å². The smallest absolute Gasteiger partial charge is 0.0786 e. The third-order valence-electron chi connectivity index (χ3n) is 5.11. The Hall–Kier alpha value is -0.0800. The fraction of sp³-hybridized carbons (Fsp3) is 1.00. The second-order valence-corrected chi connectivity index (χ2v) is 7.35. The molecule has 0 unspecified atom stereocenters. The number of quaternary nitrogens is 2. The van der Waals surface area contributed by atoms with E-state index in [9.17, 15) is 0 Å². The lowest BCUT2D eigenvalue weighted by Gasteiger charge is -2.28. The van der Waals surface area contributed by atoms with Gasteiger partial charge in [-0.05, 0) is 12.8 Å². The maximum atomic E-state index is 2.41. The van der Waals surface area contributed by atoms with E-state index in [1.807, 2.05) is 0 Å². The van der Waals surface area contributed by atoms with Gasteiger partial charge in [0.1, 0.15) is 0 Å². The molecular weight excluding hydrogens is 232 g/mol. The highest BCUT2D eigenvalue weighted by atomic mass is 15.3. The summed E-state index contributed by atoms with van der Waals surface area (Å²) >= 11 is 0. The first kappa shape index (κ1) is 17.0. The van der Waals surface area contributed by atoms with Crippen LogP contribution in [-0.4, -0.2) is 62.3 Å². The van der Waals surface area contributed by atoms with Gasteiger partial charge in [0, 0.05) is 25.7 Å². The molecule has 0 aromatic rings. The normalized spacial score (nSPS) is 24.0. The molecule has 0 aromatic carbocycles. The lowest BCUT2D eigenvalue weighted by atomic mass is 10.3. The van der Waals surface area contributed by atoms with Crippen molar-refractivity contribution in [2.45, 2.75) is 58.8 Å². The quantitative estimate of drug-likeness (QED) is 0.669. The molecule has 0 saturated carbocycles. The maximum Gasteiger partial charge on any atom is 0.0786 e. The Labute approximate surface area is 122 Å². The van der Waals surface area contributed by atoms with Gasteiger partial charge in [-0.2, -0.15) is 0 Å². The zero-order valence-electron chi connectivity index (χ0n) is 14.1. The fourth-order valence-electron chi connectivity index (χ4n) is 3.72. The molecule has 2 heteroatoms. The molecule has 2 fully saturated rings. The summed E-state index contributed by atoms with van der Waals surface area (Å²) in [5.41, 5.74) is 0. The lowest BCUT2D eigenvalue weighted by molar-refractivity contribution is -0.897. The van der Waals surface area contributed by atoms with Gasteiger partial charge in [-0.1, -0.05) is 20.3 Å². The van der Waals surface area contributed by atoms with Crippen molar-refractivity contribution in [3.63, 3.8) is 0 Å². The molecule has 2 saturated heterocycles. The molecule has 19 heavy (non-hydrogen) atoms. The summed E-state index contributed by atoms with van der Waals surface area (Å²) in [5, 5.41) is 0. The number of hydrogen-bond donors (Lipinski definition) is 0. The van der Waals surface area contributed by atoms with E-state index in [1.165, 1.54) is 93.2 Å². The highest BCUT2D eigenvalue weighted by molar-refractivity contribution is 4.51. The van der Waals surface area contributed by atoms with E-state index in [-0.39, 0.29) is 0 Å². The largest absolute Gasteiger partial charge is 0.326 e.